The molecule has 2 heterocycles. The lowest BCUT2D eigenvalue weighted by atomic mass is 10.2. The fourth-order valence-electron chi connectivity index (χ4n) is 1.79. The third-order valence-corrected chi connectivity index (χ3v) is 4.21. The van der Waals surface area contributed by atoms with Crippen molar-refractivity contribution < 1.29 is 0 Å². The summed E-state index contributed by atoms with van der Waals surface area (Å²) in [6.07, 6.45) is 1.32. The summed E-state index contributed by atoms with van der Waals surface area (Å²) in [5.41, 5.74) is -0.383. The Balaban J connectivity index is 2.48. The van der Waals surface area contributed by atoms with Crippen molar-refractivity contribution in [3.05, 3.63) is 52.9 Å². The highest BCUT2D eigenvalue weighted by Gasteiger charge is 2.12. The van der Waals surface area contributed by atoms with Gasteiger partial charge >= 0.3 is 5.69 Å². The van der Waals surface area contributed by atoms with E-state index >= 15 is 0 Å². The molecule has 0 unspecified atom stereocenters. The minimum absolute atomic E-state index is 0.136. The maximum absolute atomic E-state index is 12.2. The maximum Gasteiger partial charge on any atom is 0.329 e. The molecule has 102 valence electrons. The van der Waals surface area contributed by atoms with Crippen LogP contribution in [0.15, 0.2) is 21.7 Å². The van der Waals surface area contributed by atoms with Gasteiger partial charge in [-0.05, 0) is 18.6 Å². The molecule has 0 aliphatic carbocycles. The Morgan fingerprint density at radius 1 is 1.32 bits per heavy atom. The number of aromatic amines is 1. The molecule has 0 amide bonds. The second-order valence-corrected chi connectivity index (χ2v) is 6.25. The smallest absolute Gasteiger partial charge is 0.297 e. The monoisotopic (exact) mass is 318 g/mol. The fourth-order valence-corrected chi connectivity index (χ4v) is 3.12. The molecule has 19 heavy (non-hydrogen) atoms. The van der Waals surface area contributed by atoms with Gasteiger partial charge in [-0.3, -0.25) is 14.3 Å². The summed E-state index contributed by atoms with van der Waals surface area (Å²) < 4.78 is 1.78. The lowest BCUT2D eigenvalue weighted by Crippen LogP contribution is -2.37. The predicted octanol–water partition coefficient (Wildman–Crippen LogP) is 2.91. The van der Waals surface area contributed by atoms with E-state index in [9.17, 15) is 9.59 Å². The van der Waals surface area contributed by atoms with E-state index in [0.29, 0.717) is 16.3 Å². The number of nitrogens with zero attached hydrogens (tertiary/aromatic N) is 1. The molecule has 0 saturated carbocycles. The van der Waals surface area contributed by atoms with Gasteiger partial charge in [-0.15, -0.1) is 11.3 Å². The average molecular weight is 319 g/mol. The van der Waals surface area contributed by atoms with Crippen LogP contribution in [0.4, 0.5) is 0 Å². The van der Waals surface area contributed by atoms with E-state index < -0.39 is 5.69 Å². The topological polar surface area (TPSA) is 54.9 Å². The van der Waals surface area contributed by atoms with Crippen LogP contribution in [0, 0.1) is 0 Å². The zero-order valence-corrected chi connectivity index (χ0v) is 12.5. The van der Waals surface area contributed by atoms with E-state index in [4.69, 9.17) is 23.2 Å². The van der Waals surface area contributed by atoms with Crippen LogP contribution in [0.5, 0.6) is 0 Å². The summed E-state index contributed by atoms with van der Waals surface area (Å²) in [6, 6.07) is 3.54. The zero-order chi connectivity index (χ0) is 14.0. The number of nitrogens with one attached hydrogen (secondary N) is 1. The largest absolute Gasteiger partial charge is 0.329 e. The average Bonchev–Trinajstić information content (AvgIpc) is 2.76. The first kappa shape index (κ1) is 14.4. The van der Waals surface area contributed by atoms with Crippen LogP contribution in [-0.4, -0.2) is 9.55 Å². The van der Waals surface area contributed by atoms with Gasteiger partial charge in [-0.2, -0.15) is 0 Å². The standard InChI is InChI=1S/C12H12Cl2N2O2S/c1-2-3-8-10(14)15-12(18)16(11(8)17)6-7-4-5-9(13)19-7/h4-5H,2-3,6H2,1H3,(H,15,18). The SMILES string of the molecule is CCCc1c(Cl)[nH]c(=O)n(Cc2ccc(Cl)s2)c1=O. The van der Waals surface area contributed by atoms with Gasteiger partial charge in [0.2, 0.25) is 0 Å². The molecule has 2 aromatic heterocycles. The Labute approximate surface area is 123 Å². The van der Waals surface area contributed by atoms with Crippen molar-refractivity contribution in [2.24, 2.45) is 0 Å². The van der Waals surface area contributed by atoms with E-state index in [0.717, 1.165) is 15.9 Å². The molecule has 0 spiro atoms. The number of halogens is 2. The number of hydrogen-bond donors (Lipinski definition) is 1. The molecule has 0 bridgehead atoms. The van der Waals surface area contributed by atoms with Crippen LogP contribution < -0.4 is 11.2 Å². The zero-order valence-electron chi connectivity index (χ0n) is 10.2. The van der Waals surface area contributed by atoms with Crippen molar-refractivity contribution >= 4 is 34.5 Å². The summed E-state index contributed by atoms with van der Waals surface area (Å²) in [6.45, 7) is 2.16. The number of H-pyrrole nitrogens is 1. The Hall–Kier alpha value is -1.04. The van der Waals surface area contributed by atoms with Gasteiger partial charge in [0.25, 0.3) is 5.56 Å². The van der Waals surface area contributed by atoms with Crippen LogP contribution in [0.2, 0.25) is 9.49 Å². The fraction of sp³-hybridized carbons (Fsp3) is 0.333. The molecular weight excluding hydrogens is 307 g/mol. The molecule has 4 nitrogen and oxygen atoms in total. The molecule has 2 aromatic rings. The molecular formula is C12H12Cl2N2O2S. The van der Waals surface area contributed by atoms with E-state index in [-0.39, 0.29) is 17.3 Å². The highest BCUT2D eigenvalue weighted by molar-refractivity contribution is 7.16. The third kappa shape index (κ3) is 3.11. The number of aromatic nitrogens is 2. The van der Waals surface area contributed by atoms with Gasteiger partial charge in [-0.25, -0.2) is 4.79 Å². The van der Waals surface area contributed by atoms with E-state index in [1.165, 1.54) is 11.3 Å². The van der Waals surface area contributed by atoms with E-state index in [2.05, 4.69) is 4.98 Å². The van der Waals surface area contributed by atoms with Crippen molar-refractivity contribution in [3.63, 3.8) is 0 Å². The van der Waals surface area contributed by atoms with Crippen LogP contribution in [0.1, 0.15) is 23.8 Å². The van der Waals surface area contributed by atoms with Gasteiger partial charge in [-0.1, -0.05) is 36.5 Å². The van der Waals surface area contributed by atoms with Crippen molar-refractivity contribution in [2.75, 3.05) is 0 Å². The van der Waals surface area contributed by atoms with Gasteiger partial charge in [0.05, 0.1) is 16.4 Å². The maximum atomic E-state index is 12.2. The van der Waals surface area contributed by atoms with E-state index in [1.807, 2.05) is 6.92 Å². The van der Waals surface area contributed by atoms with Crippen molar-refractivity contribution in [2.45, 2.75) is 26.3 Å². The number of rotatable bonds is 4. The molecule has 0 aromatic carbocycles. The predicted molar refractivity (Wildman–Crippen MR) is 78.8 cm³/mol. The lowest BCUT2D eigenvalue weighted by molar-refractivity contribution is 0.687. The molecule has 0 fully saturated rings. The Bertz CT molecular complexity index is 702. The van der Waals surface area contributed by atoms with Gasteiger partial charge < -0.3 is 0 Å². The number of hydrogen-bond acceptors (Lipinski definition) is 3. The molecule has 0 atom stereocenters. The Morgan fingerprint density at radius 3 is 2.63 bits per heavy atom. The van der Waals surface area contributed by atoms with Gasteiger partial charge in [0, 0.05) is 4.88 Å². The first-order valence-corrected chi connectivity index (χ1v) is 7.36. The summed E-state index contributed by atoms with van der Waals surface area (Å²) in [4.78, 5) is 27.4. The van der Waals surface area contributed by atoms with Crippen LogP contribution in [-0.2, 0) is 13.0 Å². The normalized spacial score (nSPS) is 10.9. The second kappa shape index (κ2) is 5.94. The third-order valence-electron chi connectivity index (χ3n) is 2.67. The molecule has 0 aliphatic rings. The molecule has 1 N–H and O–H groups in total. The van der Waals surface area contributed by atoms with Crippen molar-refractivity contribution in [3.8, 4) is 0 Å². The second-order valence-electron chi connectivity index (χ2n) is 4.07. The van der Waals surface area contributed by atoms with Crippen LogP contribution in [0.3, 0.4) is 0 Å². The number of thiophene rings is 1. The summed E-state index contributed by atoms with van der Waals surface area (Å²) in [7, 11) is 0. The van der Waals surface area contributed by atoms with Gasteiger partial charge in [0.15, 0.2) is 0 Å². The minimum Gasteiger partial charge on any atom is -0.297 e. The lowest BCUT2D eigenvalue weighted by Gasteiger charge is -2.07. The summed E-state index contributed by atoms with van der Waals surface area (Å²) in [5, 5.41) is 0.136. The quantitative estimate of drug-likeness (QED) is 0.881. The van der Waals surface area contributed by atoms with Crippen LogP contribution in [0.25, 0.3) is 0 Å². The molecule has 0 radical (unpaired) electrons. The van der Waals surface area contributed by atoms with Crippen molar-refractivity contribution in [1.82, 2.24) is 9.55 Å². The molecule has 2 rings (SSSR count). The summed E-state index contributed by atoms with van der Waals surface area (Å²) >= 11 is 13.1. The van der Waals surface area contributed by atoms with Gasteiger partial charge in [0.1, 0.15) is 5.15 Å². The summed E-state index contributed by atoms with van der Waals surface area (Å²) in [5.74, 6) is 0. The highest BCUT2D eigenvalue weighted by atomic mass is 35.5. The first-order chi connectivity index (χ1) is 9.02. The first-order valence-electron chi connectivity index (χ1n) is 5.78. The molecule has 0 aliphatic heterocycles. The van der Waals surface area contributed by atoms with Crippen molar-refractivity contribution in [1.29, 1.82) is 0 Å². The minimum atomic E-state index is -0.501. The van der Waals surface area contributed by atoms with E-state index in [1.54, 1.807) is 12.1 Å². The Kier molecular flexibility index (Phi) is 4.50. The van der Waals surface area contributed by atoms with Crippen LogP contribution >= 0.6 is 34.5 Å². The molecule has 7 heteroatoms. The molecule has 0 saturated heterocycles. The Morgan fingerprint density at radius 2 is 2.05 bits per heavy atom. The highest BCUT2D eigenvalue weighted by Crippen LogP contribution is 2.21.